The number of amides is 2. The number of halogens is 2. The monoisotopic (exact) mass is 386 g/mol. The molecule has 1 aliphatic heterocycles. The van der Waals surface area contributed by atoms with Crippen molar-refractivity contribution in [3.05, 3.63) is 48.0 Å². The van der Waals surface area contributed by atoms with Crippen LogP contribution >= 0.6 is 0 Å². The zero-order chi connectivity index (χ0) is 19.7. The summed E-state index contributed by atoms with van der Waals surface area (Å²) < 4.78 is 25.8. The Morgan fingerprint density at radius 3 is 2.57 bits per heavy atom. The number of likely N-dealkylation sites (tertiary alicyclic amines) is 1. The van der Waals surface area contributed by atoms with Gasteiger partial charge in [0.25, 0.3) is 12.3 Å². The van der Waals surface area contributed by atoms with Crippen LogP contribution in [0.5, 0.6) is 0 Å². The molecule has 2 aromatic rings. The van der Waals surface area contributed by atoms with Crippen LogP contribution in [0.3, 0.4) is 0 Å². The first-order valence-electron chi connectivity index (χ1n) is 9.90. The molecule has 2 fully saturated rings. The number of fused-ring (bicyclic) bond motifs is 1. The highest BCUT2D eigenvalue weighted by Gasteiger charge is 2.39. The van der Waals surface area contributed by atoms with Gasteiger partial charge in [0.1, 0.15) is 0 Å². The summed E-state index contributed by atoms with van der Waals surface area (Å²) in [5, 5.41) is 1.88. The number of rotatable bonds is 5. The Morgan fingerprint density at radius 2 is 1.82 bits per heavy atom. The second-order valence-corrected chi connectivity index (χ2v) is 7.73. The second kappa shape index (κ2) is 7.86. The summed E-state index contributed by atoms with van der Waals surface area (Å²) in [4.78, 5) is 29.1. The lowest BCUT2D eigenvalue weighted by Crippen LogP contribution is -2.48. The van der Waals surface area contributed by atoms with Crippen molar-refractivity contribution in [3.63, 3.8) is 0 Å². The maximum atomic E-state index is 13.2. The number of benzene rings is 2. The Balaban J connectivity index is 1.51. The van der Waals surface area contributed by atoms with Crippen LogP contribution in [0.2, 0.25) is 0 Å². The number of carbonyl (C=O) groups is 2. The van der Waals surface area contributed by atoms with Crippen molar-refractivity contribution in [2.24, 2.45) is 5.92 Å². The average molecular weight is 386 g/mol. The fourth-order valence-electron chi connectivity index (χ4n) is 4.13. The van der Waals surface area contributed by atoms with Gasteiger partial charge in [0.15, 0.2) is 0 Å². The van der Waals surface area contributed by atoms with Crippen molar-refractivity contribution in [3.8, 4) is 0 Å². The zero-order valence-corrected chi connectivity index (χ0v) is 15.7. The summed E-state index contributed by atoms with van der Waals surface area (Å²) >= 11 is 0. The molecule has 28 heavy (non-hydrogen) atoms. The van der Waals surface area contributed by atoms with Crippen LogP contribution in [0.1, 0.15) is 36.0 Å². The van der Waals surface area contributed by atoms with Gasteiger partial charge in [-0.3, -0.25) is 9.59 Å². The zero-order valence-electron chi connectivity index (χ0n) is 15.7. The van der Waals surface area contributed by atoms with Crippen molar-refractivity contribution >= 4 is 22.6 Å². The van der Waals surface area contributed by atoms with E-state index in [1.807, 2.05) is 42.5 Å². The van der Waals surface area contributed by atoms with Gasteiger partial charge in [0.2, 0.25) is 5.91 Å². The molecule has 4 rings (SSSR count). The first-order valence-corrected chi connectivity index (χ1v) is 9.90. The number of hydrogen-bond donors (Lipinski definition) is 0. The largest absolute Gasteiger partial charge is 0.338 e. The molecular formula is C22H24F2N2O2. The van der Waals surface area contributed by atoms with Crippen molar-refractivity contribution < 1.29 is 18.4 Å². The summed E-state index contributed by atoms with van der Waals surface area (Å²) in [6, 6.07) is 13.3. The van der Waals surface area contributed by atoms with Crippen LogP contribution in [0.25, 0.3) is 10.8 Å². The summed E-state index contributed by atoms with van der Waals surface area (Å²) in [5.41, 5.74) is 0.623. The Bertz CT molecular complexity index is 876. The second-order valence-electron chi connectivity index (χ2n) is 7.73. The predicted molar refractivity (Wildman–Crippen MR) is 103 cm³/mol. The molecule has 1 atom stereocenters. The van der Waals surface area contributed by atoms with Crippen LogP contribution in [-0.2, 0) is 4.79 Å². The Labute approximate surface area is 163 Å². The van der Waals surface area contributed by atoms with Gasteiger partial charge in [-0.05, 0) is 42.5 Å². The predicted octanol–water partition coefficient (Wildman–Crippen LogP) is 3.95. The first-order chi connectivity index (χ1) is 13.5. The van der Waals surface area contributed by atoms with E-state index in [2.05, 4.69) is 0 Å². The van der Waals surface area contributed by atoms with Crippen molar-refractivity contribution in [2.45, 2.75) is 38.2 Å². The highest BCUT2D eigenvalue weighted by molar-refractivity contribution is 6.07. The third-order valence-electron chi connectivity index (χ3n) is 5.68. The Morgan fingerprint density at radius 1 is 1.07 bits per heavy atom. The summed E-state index contributed by atoms with van der Waals surface area (Å²) in [7, 11) is 0. The van der Waals surface area contributed by atoms with E-state index in [-0.39, 0.29) is 17.9 Å². The maximum absolute atomic E-state index is 13.2. The number of nitrogens with zero attached hydrogens (tertiary/aromatic N) is 2. The number of alkyl halides is 2. The van der Waals surface area contributed by atoms with Crippen molar-refractivity contribution in [2.75, 3.05) is 19.6 Å². The lowest BCUT2D eigenvalue weighted by atomic mass is 9.95. The van der Waals surface area contributed by atoms with Crippen molar-refractivity contribution in [1.82, 2.24) is 9.80 Å². The highest BCUT2D eigenvalue weighted by Crippen LogP contribution is 2.31. The maximum Gasteiger partial charge on any atom is 0.255 e. The Kier molecular flexibility index (Phi) is 5.29. The van der Waals surface area contributed by atoms with Gasteiger partial charge in [-0.2, -0.15) is 0 Å². The van der Waals surface area contributed by atoms with E-state index in [1.54, 1.807) is 4.90 Å². The molecule has 2 aliphatic rings. The molecule has 148 valence electrons. The van der Waals surface area contributed by atoms with Gasteiger partial charge in [0, 0.05) is 24.7 Å². The van der Waals surface area contributed by atoms with Gasteiger partial charge < -0.3 is 9.80 Å². The molecule has 1 unspecified atom stereocenters. The van der Waals surface area contributed by atoms with Gasteiger partial charge in [0.05, 0.1) is 12.5 Å². The fraction of sp³-hybridized carbons (Fsp3) is 0.455. The molecule has 0 aromatic heterocycles. The average Bonchev–Trinajstić information content (AvgIpc) is 3.56. The van der Waals surface area contributed by atoms with E-state index >= 15 is 0 Å². The molecule has 1 saturated carbocycles. The van der Waals surface area contributed by atoms with E-state index in [9.17, 15) is 18.4 Å². The fourth-order valence-corrected chi connectivity index (χ4v) is 4.13. The number of piperidine rings is 1. The van der Waals surface area contributed by atoms with E-state index in [4.69, 9.17) is 0 Å². The van der Waals surface area contributed by atoms with E-state index in [1.165, 1.54) is 4.90 Å². The lowest BCUT2D eigenvalue weighted by Gasteiger charge is -2.35. The molecule has 6 heteroatoms. The quantitative estimate of drug-likeness (QED) is 0.781. The van der Waals surface area contributed by atoms with E-state index < -0.39 is 18.9 Å². The third kappa shape index (κ3) is 3.86. The minimum Gasteiger partial charge on any atom is -0.338 e. The molecule has 1 heterocycles. The highest BCUT2D eigenvalue weighted by atomic mass is 19.3. The van der Waals surface area contributed by atoms with Crippen molar-refractivity contribution in [1.29, 1.82) is 0 Å². The summed E-state index contributed by atoms with van der Waals surface area (Å²) in [6.45, 7) is 0.384. The molecular weight excluding hydrogens is 362 g/mol. The lowest BCUT2D eigenvalue weighted by molar-refractivity contribution is -0.139. The molecule has 1 aliphatic carbocycles. The molecule has 0 spiro atoms. The molecule has 0 N–H and O–H groups in total. The van der Waals surface area contributed by atoms with Crippen LogP contribution in [-0.4, -0.2) is 53.7 Å². The number of hydrogen-bond acceptors (Lipinski definition) is 2. The SMILES string of the molecule is O=C(c1cccc2ccccc12)N1CCCC(C(=O)N(CC(F)F)C2CC2)C1. The van der Waals surface area contributed by atoms with Crippen LogP contribution in [0, 0.1) is 5.92 Å². The molecule has 0 bridgehead atoms. The molecule has 1 saturated heterocycles. The molecule has 0 radical (unpaired) electrons. The smallest absolute Gasteiger partial charge is 0.255 e. The van der Waals surface area contributed by atoms with Crippen LogP contribution < -0.4 is 0 Å². The third-order valence-corrected chi connectivity index (χ3v) is 5.68. The first kappa shape index (κ1) is 18.8. The van der Waals surface area contributed by atoms with Gasteiger partial charge in [-0.1, -0.05) is 36.4 Å². The molecule has 2 amide bonds. The van der Waals surface area contributed by atoms with Crippen LogP contribution in [0.15, 0.2) is 42.5 Å². The summed E-state index contributed by atoms with van der Waals surface area (Å²) in [6.07, 6.45) is 0.416. The summed E-state index contributed by atoms with van der Waals surface area (Å²) in [5.74, 6) is -0.716. The minimum absolute atomic E-state index is 0.0503. The Hall–Kier alpha value is -2.50. The number of carbonyl (C=O) groups excluding carboxylic acids is 2. The van der Waals surface area contributed by atoms with E-state index in [0.717, 1.165) is 23.6 Å². The molecule has 4 nitrogen and oxygen atoms in total. The van der Waals surface area contributed by atoms with Gasteiger partial charge >= 0.3 is 0 Å². The minimum atomic E-state index is -2.53. The molecule has 2 aromatic carbocycles. The van der Waals surface area contributed by atoms with Gasteiger partial charge in [-0.25, -0.2) is 8.78 Å². The van der Waals surface area contributed by atoms with Crippen LogP contribution in [0.4, 0.5) is 8.78 Å². The topological polar surface area (TPSA) is 40.6 Å². The van der Waals surface area contributed by atoms with Gasteiger partial charge in [-0.15, -0.1) is 0 Å². The van der Waals surface area contributed by atoms with E-state index in [0.29, 0.717) is 31.5 Å². The standard InChI is InChI=1S/C22H24F2N2O2/c23-20(24)14-26(17-10-11-17)21(27)16-7-4-12-25(13-16)22(28)19-9-3-6-15-5-1-2-8-18(15)19/h1-3,5-6,8-9,16-17,20H,4,7,10-14H2. The normalized spacial score (nSPS) is 19.8.